The van der Waals surface area contributed by atoms with Crippen molar-refractivity contribution in [3.63, 3.8) is 0 Å². The molecule has 3 atom stereocenters. The van der Waals surface area contributed by atoms with E-state index in [4.69, 9.17) is 9.57 Å². The first-order valence-corrected chi connectivity index (χ1v) is 7.11. The summed E-state index contributed by atoms with van der Waals surface area (Å²) in [5.41, 5.74) is 0.542. The number of aldehydes is 1. The van der Waals surface area contributed by atoms with Gasteiger partial charge in [-0.1, -0.05) is 5.16 Å². The van der Waals surface area contributed by atoms with Crippen molar-refractivity contribution in [1.82, 2.24) is 5.32 Å². The van der Waals surface area contributed by atoms with Gasteiger partial charge in [-0.25, -0.2) is 8.78 Å². The summed E-state index contributed by atoms with van der Waals surface area (Å²) >= 11 is 0. The highest BCUT2D eigenvalue weighted by Crippen LogP contribution is 2.19. The Bertz CT molecular complexity index is 645. The molecule has 1 saturated heterocycles. The van der Waals surface area contributed by atoms with Gasteiger partial charge in [-0.2, -0.15) is 0 Å². The van der Waals surface area contributed by atoms with Crippen molar-refractivity contribution in [3.05, 3.63) is 35.4 Å². The van der Waals surface area contributed by atoms with Crippen molar-refractivity contribution in [1.29, 1.82) is 0 Å². The SMILES string of the molecule is O=CC1CC(NC(=O)C2CC(c3cc(F)cc(F)c3)=NO2)CO1. The molecule has 3 rings (SSSR count). The van der Waals surface area contributed by atoms with Crippen LogP contribution in [0.3, 0.4) is 0 Å². The van der Waals surface area contributed by atoms with Gasteiger partial charge in [0, 0.05) is 24.5 Å². The zero-order chi connectivity index (χ0) is 16.4. The number of rotatable bonds is 4. The molecular weight excluding hydrogens is 310 g/mol. The normalized spacial score (nSPS) is 26.5. The largest absolute Gasteiger partial charge is 0.382 e. The van der Waals surface area contributed by atoms with Gasteiger partial charge in [0.15, 0.2) is 0 Å². The minimum absolute atomic E-state index is 0.111. The fraction of sp³-hybridized carbons (Fsp3) is 0.400. The highest BCUT2D eigenvalue weighted by molar-refractivity contribution is 6.04. The van der Waals surface area contributed by atoms with Crippen LogP contribution in [-0.2, 0) is 19.2 Å². The molecule has 0 aliphatic carbocycles. The highest BCUT2D eigenvalue weighted by Gasteiger charge is 2.33. The van der Waals surface area contributed by atoms with Crippen molar-refractivity contribution < 1.29 is 27.9 Å². The lowest BCUT2D eigenvalue weighted by atomic mass is 10.0. The minimum Gasteiger partial charge on any atom is -0.382 e. The van der Waals surface area contributed by atoms with Crippen LogP contribution in [0.4, 0.5) is 8.78 Å². The molecule has 0 radical (unpaired) electrons. The summed E-state index contributed by atoms with van der Waals surface area (Å²) in [6.45, 7) is 0.255. The Hall–Kier alpha value is -2.35. The van der Waals surface area contributed by atoms with E-state index >= 15 is 0 Å². The maximum Gasteiger partial charge on any atom is 0.264 e. The lowest BCUT2D eigenvalue weighted by molar-refractivity contribution is -0.131. The number of hydrogen-bond donors (Lipinski definition) is 1. The van der Waals surface area contributed by atoms with Gasteiger partial charge in [0.2, 0.25) is 6.10 Å². The monoisotopic (exact) mass is 324 g/mol. The Morgan fingerprint density at radius 1 is 1.30 bits per heavy atom. The Balaban J connectivity index is 1.58. The molecule has 8 heteroatoms. The molecule has 0 aromatic heterocycles. The van der Waals surface area contributed by atoms with Crippen molar-refractivity contribution in [3.8, 4) is 0 Å². The average Bonchev–Trinajstić information content (AvgIpc) is 3.15. The molecule has 1 fully saturated rings. The predicted molar refractivity (Wildman–Crippen MR) is 74.7 cm³/mol. The fourth-order valence-corrected chi connectivity index (χ4v) is 2.55. The molecule has 2 heterocycles. The number of nitrogens with zero attached hydrogens (tertiary/aromatic N) is 1. The Kier molecular flexibility index (Phi) is 4.33. The lowest BCUT2D eigenvalue weighted by Crippen LogP contribution is -2.42. The molecule has 3 unspecified atom stereocenters. The lowest BCUT2D eigenvalue weighted by Gasteiger charge is -2.13. The summed E-state index contributed by atoms with van der Waals surface area (Å²) in [6, 6.07) is 2.75. The Morgan fingerprint density at radius 2 is 2.04 bits per heavy atom. The summed E-state index contributed by atoms with van der Waals surface area (Å²) < 4.78 is 31.6. The van der Waals surface area contributed by atoms with Gasteiger partial charge in [0.1, 0.15) is 24.0 Å². The van der Waals surface area contributed by atoms with Crippen LogP contribution in [0.2, 0.25) is 0 Å². The van der Waals surface area contributed by atoms with Crippen LogP contribution < -0.4 is 5.32 Å². The summed E-state index contributed by atoms with van der Waals surface area (Å²) in [7, 11) is 0. The number of benzene rings is 1. The van der Waals surface area contributed by atoms with E-state index in [1.165, 1.54) is 0 Å². The zero-order valence-corrected chi connectivity index (χ0v) is 12.0. The number of ether oxygens (including phenoxy) is 1. The van der Waals surface area contributed by atoms with Crippen LogP contribution in [0.1, 0.15) is 18.4 Å². The van der Waals surface area contributed by atoms with Crippen LogP contribution in [0, 0.1) is 11.6 Å². The number of nitrogens with one attached hydrogen (secondary N) is 1. The molecule has 1 amide bonds. The molecule has 23 heavy (non-hydrogen) atoms. The third-order valence-electron chi connectivity index (χ3n) is 3.68. The van der Waals surface area contributed by atoms with Crippen molar-refractivity contribution in [2.24, 2.45) is 5.16 Å². The van der Waals surface area contributed by atoms with E-state index in [9.17, 15) is 18.4 Å². The summed E-state index contributed by atoms with van der Waals surface area (Å²) in [5.74, 6) is -1.85. The van der Waals surface area contributed by atoms with Crippen molar-refractivity contribution in [2.75, 3.05) is 6.61 Å². The molecule has 1 aromatic carbocycles. The number of halogens is 2. The molecular formula is C15H14F2N2O4. The molecule has 0 saturated carbocycles. The van der Waals surface area contributed by atoms with Gasteiger partial charge in [0.05, 0.1) is 18.4 Å². The third-order valence-corrected chi connectivity index (χ3v) is 3.68. The van der Waals surface area contributed by atoms with Gasteiger partial charge in [-0.3, -0.25) is 4.79 Å². The first-order valence-electron chi connectivity index (χ1n) is 7.11. The standard InChI is InChI=1S/C15H14F2N2O4/c16-9-1-8(2-10(17)3-9)13-5-14(23-19-13)15(21)18-11-4-12(6-20)22-7-11/h1-3,6,11-12,14H,4-5,7H2,(H,18,21). The zero-order valence-electron chi connectivity index (χ0n) is 12.0. The quantitative estimate of drug-likeness (QED) is 0.836. The summed E-state index contributed by atoms with van der Waals surface area (Å²) in [4.78, 5) is 27.8. The average molecular weight is 324 g/mol. The van der Waals surface area contributed by atoms with E-state index in [0.29, 0.717) is 18.4 Å². The van der Waals surface area contributed by atoms with Crippen LogP contribution in [0.15, 0.2) is 23.4 Å². The Morgan fingerprint density at radius 3 is 2.70 bits per heavy atom. The maximum atomic E-state index is 13.2. The van der Waals surface area contributed by atoms with Crippen molar-refractivity contribution in [2.45, 2.75) is 31.1 Å². The third kappa shape index (κ3) is 3.53. The topological polar surface area (TPSA) is 77.0 Å². The van der Waals surface area contributed by atoms with Crippen LogP contribution in [-0.4, -0.2) is 42.8 Å². The van der Waals surface area contributed by atoms with Gasteiger partial charge < -0.3 is 19.7 Å². The number of oxime groups is 1. The van der Waals surface area contributed by atoms with Gasteiger partial charge >= 0.3 is 0 Å². The van der Waals surface area contributed by atoms with Gasteiger partial charge in [-0.05, 0) is 12.1 Å². The molecule has 2 aliphatic heterocycles. The van der Waals surface area contributed by atoms with Crippen LogP contribution in [0.25, 0.3) is 0 Å². The van der Waals surface area contributed by atoms with Gasteiger partial charge in [-0.15, -0.1) is 0 Å². The van der Waals surface area contributed by atoms with Gasteiger partial charge in [0.25, 0.3) is 5.91 Å². The van der Waals surface area contributed by atoms with E-state index in [2.05, 4.69) is 10.5 Å². The smallest absolute Gasteiger partial charge is 0.264 e. The van der Waals surface area contributed by atoms with E-state index in [-0.39, 0.29) is 24.6 Å². The minimum atomic E-state index is -0.869. The highest BCUT2D eigenvalue weighted by atomic mass is 19.1. The van der Waals surface area contributed by atoms with E-state index in [1.807, 2.05) is 0 Å². The second-order valence-electron chi connectivity index (χ2n) is 5.44. The van der Waals surface area contributed by atoms with Crippen molar-refractivity contribution >= 4 is 17.9 Å². The summed E-state index contributed by atoms with van der Waals surface area (Å²) in [6.07, 6.45) is -0.166. The predicted octanol–water partition coefficient (Wildman–Crippen LogP) is 0.930. The molecule has 6 nitrogen and oxygen atoms in total. The van der Waals surface area contributed by atoms with Crippen LogP contribution >= 0.6 is 0 Å². The number of hydrogen-bond acceptors (Lipinski definition) is 5. The summed E-state index contributed by atoms with van der Waals surface area (Å²) in [5, 5.41) is 6.44. The number of amides is 1. The number of carbonyl (C=O) groups is 2. The first-order chi connectivity index (χ1) is 11.0. The van der Waals surface area contributed by atoms with E-state index in [0.717, 1.165) is 18.2 Å². The van der Waals surface area contributed by atoms with E-state index in [1.54, 1.807) is 0 Å². The maximum absolute atomic E-state index is 13.2. The molecule has 122 valence electrons. The fourth-order valence-electron chi connectivity index (χ4n) is 2.55. The Labute approximate surface area is 130 Å². The molecule has 0 spiro atoms. The molecule has 2 aliphatic rings. The molecule has 1 aromatic rings. The molecule has 1 N–H and O–H groups in total. The second kappa shape index (κ2) is 6.41. The molecule has 0 bridgehead atoms. The first kappa shape index (κ1) is 15.5. The van der Waals surface area contributed by atoms with Crippen LogP contribution in [0.5, 0.6) is 0 Å². The number of carbonyl (C=O) groups excluding carboxylic acids is 2. The second-order valence-corrected chi connectivity index (χ2v) is 5.44. The van der Waals surface area contributed by atoms with E-state index < -0.39 is 29.7 Å².